The van der Waals surface area contributed by atoms with Crippen molar-refractivity contribution in [3.63, 3.8) is 0 Å². The topological polar surface area (TPSA) is 23.6 Å². The summed E-state index contributed by atoms with van der Waals surface area (Å²) in [6.45, 7) is 4.63. The predicted molar refractivity (Wildman–Crippen MR) is 65.3 cm³/mol. The van der Waals surface area contributed by atoms with Gasteiger partial charge in [-0.15, -0.1) is 0 Å². The minimum Gasteiger partial charge on any atom is -0.331 e. The lowest BCUT2D eigenvalue weighted by atomic mass is 9.83. The molecule has 2 unspecified atom stereocenters. The molecule has 0 spiro atoms. The molecule has 0 aromatic carbocycles. The molecule has 3 nitrogen and oxygen atoms in total. The molecule has 92 valence electrons. The van der Waals surface area contributed by atoms with Gasteiger partial charge in [0.15, 0.2) is 0 Å². The molecule has 0 aliphatic carbocycles. The summed E-state index contributed by atoms with van der Waals surface area (Å²) in [5, 5.41) is 0. The molecule has 2 atom stereocenters. The van der Waals surface area contributed by atoms with Crippen LogP contribution in [0.5, 0.6) is 0 Å². The number of amides is 2. The molecule has 0 saturated carbocycles. The summed E-state index contributed by atoms with van der Waals surface area (Å²) in [7, 11) is 3.71. The van der Waals surface area contributed by atoms with Crippen LogP contribution in [-0.2, 0) is 0 Å². The van der Waals surface area contributed by atoms with Gasteiger partial charge in [0.25, 0.3) is 0 Å². The lowest BCUT2D eigenvalue weighted by Gasteiger charge is -2.41. The fourth-order valence-electron chi connectivity index (χ4n) is 3.31. The average Bonchev–Trinajstić information content (AvgIpc) is 2.46. The van der Waals surface area contributed by atoms with Crippen LogP contribution >= 0.6 is 0 Å². The van der Waals surface area contributed by atoms with E-state index in [1.165, 1.54) is 25.7 Å². The van der Waals surface area contributed by atoms with Crippen LogP contribution in [0, 0.1) is 11.8 Å². The standard InChI is InChI=1S/C13H24N2O/c1-9(2)10-7-11-5-6-12(8-10)15(11)13(16)14(3)4/h9-12H,5-8H2,1-4H3. The Bertz CT molecular complexity index is 261. The zero-order valence-corrected chi connectivity index (χ0v) is 10.9. The van der Waals surface area contributed by atoms with Crippen molar-refractivity contribution in [2.45, 2.75) is 51.6 Å². The maximum absolute atomic E-state index is 12.1. The maximum Gasteiger partial charge on any atom is 0.319 e. The Kier molecular flexibility index (Phi) is 3.13. The first kappa shape index (κ1) is 11.7. The molecule has 2 bridgehead atoms. The smallest absolute Gasteiger partial charge is 0.319 e. The summed E-state index contributed by atoms with van der Waals surface area (Å²) in [5.41, 5.74) is 0. The minimum absolute atomic E-state index is 0.217. The first-order chi connectivity index (χ1) is 7.50. The number of carbonyl (C=O) groups is 1. The van der Waals surface area contributed by atoms with E-state index in [2.05, 4.69) is 18.7 Å². The summed E-state index contributed by atoms with van der Waals surface area (Å²) in [6, 6.07) is 1.25. The molecular formula is C13H24N2O. The van der Waals surface area contributed by atoms with Crippen molar-refractivity contribution in [2.75, 3.05) is 14.1 Å². The molecule has 0 N–H and O–H groups in total. The van der Waals surface area contributed by atoms with Crippen molar-refractivity contribution in [3.8, 4) is 0 Å². The molecule has 2 amide bonds. The molecule has 16 heavy (non-hydrogen) atoms. The highest BCUT2D eigenvalue weighted by atomic mass is 16.2. The summed E-state index contributed by atoms with van der Waals surface area (Å²) in [6.07, 6.45) is 4.86. The molecule has 3 heteroatoms. The SMILES string of the molecule is CC(C)C1CC2CCC(C1)N2C(=O)N(C)C. The maximum atomic E-state index is 12.1. The monoisotopic (exact) mass is 224 g/mol. The number of piperidine rings is 1. The van der Waals surface area contributed by atoms with Gasteiger partial charge in [-0.05, 0) is 37.5 Å². The third-order valence-corrected chi connectivity index (χ3v) is 4.32. The van der Waals surface area contributed by atoms with E-state index in [1.807, 2.05) is 14.1 Å². The number of hydrogen-bond donors (Lipinski definition) is 0. The zero-order valence-electron chi connectivity index (χ0n) is 10.9. The second-order valence-corrected chi connectivity index (χ2v) is 5.94. The molecule has 2 heterocycles. The van der Waals surface area contributed by atoms with Crippen LogP contribution in [0.3, 0.4) is 0 Å². The second-order valence-electron chi connectivity index (χ2n) is 5.94. The van der Waals surface area contributed by atoms with Crippen molar-refractivity contribution in [3.05, 3.63) is 0 Å². The Labute approximate surface area is 98.8 Å². The molecule has 2 aliphatic heterocycles. The van der Waals surface area contributed by atoms with Crippen LogP contribution in [0.2, 0.25) is 0 Å². The van der Waals surface area contributed by atoms with Gasteiger partial charge in [0.05, 0.1) is 0 Å². The van der Waals surface area contributed by atoms with E-state index in [0.717, 1.165) is 11.8 Å². The fourth-order valence-corrected chi connectivity index (χ4v) is 3.31. The van der Waals surface area contributed by atoms with Crippen LogP contribution in [0.25, 0.3) is 0 Å². The van der Waals surface area contributed by atoms with E-state index in [-0.39, 0.29) is 6.03 Å². The predicted octanol–water partition coefficient (Wildman–Crippen LogP) is 2.57. The van der Waals surface area contributed by atoms with E-state index < -0.39 is 0 Å². The van der Waals surface area contributed by atoms with Crippen LogP contribution in [0.15, 0.2) is 0 Å². The van der Waals surface area contributed by atoms with Gasteiger partial charge in [-0.25, -0.2) is 4.79 Å². The van der Waals surface area contributed by atoms with Crippen molar-refractivity contribution in [1.82, 2.24) is 9.80 Å². The number of carbonyl (C=O) groups excluding carboxylic acids is 1. The molecule has 2 rings (SSSR count). The van der Waals surface area contributed by atoms with E-state index in [4.69, 9.17) is 0 Å². The molecule has 0 aromatic rings. The van der Waals surface area contributed by atoms with Gasteiger partial charge in [-0.1, -0.05) is 13.8 Å². The van der Waals surface area contributed by atoms with Gasteiger partial charge >= 0.3 is 6.03 Å². The van der Waals surface area contributed by atoms with Crippen LogP contribution < -0.4 is 0 Å². The largest absolute Gasteiger partial charge is 0.331 e. The molecule has 0 radical (unpaired) electrons. The summed E-state index contributed by atoms with van der Waals surface area (Å²) >= 11 is 0. The third kappa shape index (κ3) is 1.92. The Balaban J connectivity index is 2.08. The van der Waals surface area contributed by atoms with E-state index in [0.29, 0.717) is 12.1 Å². The molecule has 2 fully saturated rings. The quantitative estimate of drug-likeness (QED) is 0.671. The van der Waals surface area contributed by atoms with Gasteiger partial charge in [0.1, 0.15) is 0 Å². The lowest BCUT2D eigenvalue weighted by Crippen LogP contribution is -2.50. The molecular weight excluding hydrogens is 200 g/mol. The molecule has 2 aliphatic rings. The normalized spacial score (nSPS) is 33.3. The lowest BCUT2D eigenvalue weighted by molar-refractivity contribution is 0.0907. The molecule has 0 aromatic heterocycles. The van der Waals surface area contributed by atoms with Crippen LogP contribution in [0.1, 0.15) is 39.5 Å². The highest BCUT2D eigenvalue weighted by molar-refractivity contribution is 5.75. The van der Waals surface area contributed by atoms with Crippen LogP contribution in [0.4, 0.5) is 4.79 Å². The highest BCUT2D eigenvalue weighted by Crippen LogP contribution is 2.41. The van der Waals surface area contributed by atoms with Gasteiger partial charge in [0.2, 0.25) is 0 Å². The first-order valence-corrected chi connectivity index (χ1v) is 6.50. The van der Waals surface area contributed by atoms with Gasteiger partial charge in [-0.2, -0.15) is 0 Å². The Morgan fingerprint density at radius 1 is 1.19 bits per heavy atom. The average molecular weight is 224 g/mol. The fraction of sp³-hybridized carbons (Fsp3) is 0.923. The summed E-state index contributed by atoms with van der Waals surface area (Å²) < 4.78 is 0. The van der Waals surface area contributed by atoms with E-state index in [9.17, 15) is 4.79 Å². The van der Waals surface area contributed by atoms with Crippen molar-refractivity contribution in [1.29, 1.82) is 0 Å². The zero-order chi connectivity index (χ0) is 11.9. The van der Waals surface area contributed by atoms with E-state index in [1.54, 1.807) is 4.90 Å². The van der Waals surface area contributed by atoms with Crippen molar-refractivity contribution >= 4 is 6.03 Å². The minimum atomic E-state index is 0.217. The highest BCUT2D eigenvalue weighted by Gasteiger charge is 2.44. The van der Waals surface area contributed by atoms with Gasteiger partial charge in [0, 0.05) is 26.2 Å². The summed E-state index contributed by atoms with van der Waals surface area (Å²) in [4.78, 5) is 16.0. The Morgan fingerprint density at radius 2 is 1.69 bits per heavy atom. The number of urea groups is 1. The van der Waals surface area contributed by atoms with E-state index >= 15 is 0 Å². The molecule has 2 saturated heterocycles. The first-order valence-electron chi connectivity index (χ1n) is 6.50. The number of nitrogens with zero attached hydrogens (tertiary/aromatic N) is 2. The van der Waals surface area contributed by atoms with Crippen molar-refractivity contribution in [2.24, 2.45) is 11.8 Å². The second kappa shape index (κ2) is 4.27. The number of fused-ring (bicyclic) bond motifs is 2. The summed E-state index contributed by atoms with van der Waals surface area (Å²) in [5.74, 6) is 1.59. The Morgan fingerprint density at radius 3 is 2.06 bits per heavy atom. The van der Waals surface area contributed by atoms with Gasteiger partial charge < -0.3 is 9.80 Å². The number of rotatable bonds is 1. The third-order valence-electron chi connectivity index (χ3n) is 4.32. The Hall–Kier alpha value is -0.730. The van der Waals surface area contributed by atoms with Gasteiger partial charge in [-0.3, -0.25) is 0 Å². The number of hydrogen-bond acceptors (Lipinski definition) is 1. The van der Waals surface area contributed by atoms with Crippen LogP contribution in [-0.4, -0.2) is 42.0 Å². The van der Waals surface area contributed by atoms with Crippen molar-refractivity contribution < 1.29 is 4.79 Å².